The molecule has 1 aromatic rings. The molecule has 114 valence electrons. The molecule has 0 saturated carbocycles. The van der Waals surface area contributed by atoms with Gasteiger partial charge in [0.1, 0.15) is 5.69 Å². The molecular weight excluding hydrogens is 278 g/mol. The maximum atomic E-state index is 12.5. The van der Waals surface area contributed by atoms with E-state index in [0.29, 0.717) is 18.8 Å². The first-order valence-corrected chi connectivity index (χ1v) is 6.54. The molecule has 1 atom stereocenters. The van der Waals surface area contributed by atoms with Gasteiger partial charge in [-0.1, -0.05) is 0 Å². The predicted octanol–water partition coefficient (Wildman–Crippen LogP) is 0.470. The van der Waals surface area contributed by atoms with Crippen molar-refractivity contribution in [2.24, 2.45) is 0 Å². The number of aliphatic hydroxyl groups is 1. The van der Waals surface area contributed by atoms with E-state index in [1.165, 1.54) is 23.1 Å². The summed E-state index contributed by atoms with van der Waals surface area (Å²) in [5.74, 6) is -0.344. The van der Waals surface area contributed by atoms with Crippen molar-refractivity contribution in [1.29, 1.82) is 0 Å². The highest BCUT2D eigenvalue weighted by Gasteiger charge is 2.28. The zero-order chi connectivity index (χ0) is 15.4. The maximum Gasteiger partial charge on any atom is 0.293 e. The molecule has 0 aromatic heterocycles. The molecule has 0 radical (unpaired) electrons. The Hall–Kier alpha value is -2.19. The fourth-order valence-electron chi connectivity index (χ4n) is 2.27. The number of hydrogen-bond acceptors (Lipinski definition) is 6. The van der Waals surface area contributed by atoms with Crippen LogP contribution in [0.25, 0.3) is 0 Å². The van der Waals surface area contributed by atoms with Gasteiger partial charge in [0, 0.05) is 25.2 Å². The van der Waals surface area contributed by atoms with Crippen LogP contribution in [0.4, 0.5) is 11.4 Å². The molecule has 8 heteroatoms. The van der Waals surface area contributed by atoms with Crippen LogP contribution in [0.3, 0.4) is 0 Å². The minimum Gasteiger partial charge on any atom is -0.394 e. The fraction of sp³-hybridized carbons (Fsp3) is 0.462. The smallest absolute Gasteiger partial charge is 0.293 e. The first-order valence-electron chi connectivity index (χ1n) is 6.54. The van der Waals surface area contributed by atoms with Gasteiger partial charge in [0.15, 0.2) is 0 Å². The number of nitrogens with one attached hydrogen (secondary N) is 1. The van der Waals surface area contributed by atoms with Crippen LogP contribution >= 0.6 is 0 Å². The largest absolute Gasteiger partial charge is 0.394 e. The highest BCUT2D eigenvalue weighted by molar-refractivity contribution is 5.96. The number of nitro groups is 1. The number of aliphatic hydroxyl groups excluding tert-OH is 1. The van der Waals surface area contributed by atoms with Gasteiger partial charge in [-0.15, -0.1) is 0 Å². The summed E-state index contributed by atoms with van der Waals surface area (Å²) in [5.41, 5.74) is 0.412. The molecule has 1 aliphatic heterocycles. The van der Waals surface area contributed by atoms with Crippen molar-refractivity contribution in [1.82, 2.24) is 4.90 Å². The van der Waals surface area contributed by atoms with Crippen LogP contribution in [0.1, 0.15) is 10.4 Å². The van der Waals surface area contributed by atoms with Crippen LogP contribution in [-0.4, -0.2) is 60.3 Å². The molecule has 1 unspecified atom stereocenters. The molecule has 0 spiro atoms. The molecule has 0 aliphatic carbocycles. The van der Waals surface area contributed by atoms with Crippen LogP contribution in [0.15, 0.2) is 18.2 Å². The average Bonchev–Trinajstić information content (AvgIpc) is 2.53. The quantitative estimate of drug-likeness (QED) is 0.618. The summed E-state index contributed by atoms with van der Waals surface area (Å²) in [6, 6.07) is 3.86. The van der Waals surface area contributed by atoms with E-state index in [9.17, 15) is 20.0 Å². The van der Waals surface area contributed by atoms with E-state index in [0.717, 1.165) is 0 Å². The van der Waals surface area contributed by atoms with Gasteiger partial charge in [-0.25, -0.2) is 0 Å². The number of morpholine rings is 1. The van der Waals surface area contributed by atoms with Crippen LogP contribution in [-0.2, 0) is 4.74 Å². The summed E-state index contributed by atoms with van der Waals surface area (Å²) in [4.78, 5) is 24.4. The van der Waals surface area contributed by atoms with Gasteiger partial charge < -0.3 is 20.1 Å². The molecule has 1 aromatic carbocycles. The van der Waals surface area contributed by atoms with Crippen molar-refractivity contribution >= 4 is 17.3 Å². The van der Waals surface area contributed by atoms with Crippen LogP contribution in [0, 0.1) is 10.1 Å². The Morgan fingerprint density at radius 1 is 1.62 bits per heavy atom. The Morgan fingerprint density at radius 3 is 3.00 bits per heavy atom. The number of benzene rings is 1. The monoisotopic (exact) mass is 295 g/mol. The van der Waals surface area contributed by atoms with E-state index in [1.54, 1.807) is 7.05 Å². The molecule has 1 saturated heterocycles. The Labute approximate surface area is 121 Å². The third-order valence-corrected chi connectivity index (χ3v) is 3.41. The van der Waals surface area contributed by atoms with Crippen molar-refractivity contribution in [3.8, 4) is 0 Å². The van der Waals surface area contributed by atoms with Crippen molar-refractivity contribution in [2.75, 3.05) is 38.7 Å². The second kappa shape index (κ2) is 6.51. The Kier molecular flexibility index (Phi) is 4.71. The van der Waals surface area contributed by atoms with Crippen LogP contribution < -0.4 is 5.32 Å². The number of nitro benzene ring substituents is 1. The summed E-state index contributed by atoms with van der Waals surface area (Å²) < 4.78 is 5.22. The van der Waals surface area contributed by atoms with E-state index in [1.807, 2.05) is 0 Å². The van der Waals surface area contributed by atoms with Crippen LogP contribution in [0.2, 0.25) is 0 Å². The lowest BCUT2D eigenvalue weighted by Crippen LogP contribution is -2.50. The normalized spacial score (nSPS) is 18.4. The first kappa shape index (κ1) is 15.2. The first-order chi connectivity index (χ1) is 10.1. The number of nitrogens with zero attached hydrogens (tertiary/aromatic N) is 2. The van der Waals surface area contributed by atoms with Gasteiger partial charge in [0.2, 0.25) is 0 Å². The maximum absolute atomic E-state index is 12.5. The lowest BCUT2D eigenvalue weighted by molar-refractivity contribution is -0.384. The van der Waals surface area contributed by atoms with Crippen molar-refractivity contribution < 1.29 is 19.6 Å². The molecule has 1 aliphatic rings. The number of hydrogen-bond donors (Lipinski definition) is 2. The Morgan fingerprint density at radius 2 is 2.38 bits per heavy atom. The third-order valence-electron chi connectivity index (χ3n) is 3.41. The molecule has 2 rings (SSSR count). The number of ether oxygens (including phenoxy) is 1. The minimum absolute atomic E-state index is 0.155. The summed E-state index contributed by atoms with van der Waals surface area (Å²) in [5, 5.41) is 23.0. The average molecular weight is 295 g/mol. The predicted molar refractivity (Wildman–Crippen MR) is 75.4 cm³/mol. The highest BCUT2D eigenvalue weighted by atomic mass is 16.6. The second-order valence-corrected chi connectivity index (χ2v) is 4.65. The van der Waals surface area contributed by atoms with Crippen molar-refractivity contribution in [3.63, 3.8) is 0 Å². The number of rotatable bonds is 4. The summed E-state index contributed by atoms with van der Waals surface area (Å²) in [6.07, 6.45) is 0. The summed E-state index contributed by atoms with van der Waals surface area (Å²) in [7, 11) is 1.58. The van der Waals surface area contributed by atoms with Gasteiger partial charge in [-0.3, -0.25) is 14.9 Å². The van der Waals surface area contributed by atoms with Gasteiger partial charge in [0.05, 0.1) is 30.8 Å². The molecule has 21 heavy (non-hydrogen) atoms. The van der Waals surface area contributed by atoms with Crippen LogP contribution in [0.5, 0.6) is 0 Å². The number of carbonyl (C=O) groups is 1. The van der Waals surface area contributed by atoms with Gasteiger partial charge in [-0.05, 0) is 12.1 Å². The fourth-order valence-corrected chi connectivity index (χ4v) is 2.27. The highest BCUT2D eigenvalue weighted by Crippen LogP contribution is 2.26. The lowest BCUT2D eigenvalue weighted by atomic mass is 10.1. The van der Waals surface area contributed by atoms with Gasteiger partial charge in [0.25, 0.3) is 11.6 Å². The zero-order valence-corrected chi connectivity index (χ0v) is 11.6. The molecule has 1 fully saturated rings. The number of carbonyl (C=O) groups excluding carboxylic acids is 1. The van der Waals surface area contributed by atoms with E-state index in [-0.39, 0.29) is 30.4 Å². The lowest BCUT2D eigenvalue weighted by Gasteiger charge is -2.34. The Balaban J connectivity index is 2.30. The third kappa shape index (κ3) is 3.11. The summed E-state index contributed by atoms with van der Waals surface area (Å²) in [6.45, 7) is 0.798. The van der Waals surface area contributed by atoms with E-state index >= 15 is 0 Å². The molecule has 1 amide bonds. The minimum atomic E-state index is -0.536. The van der Waals surface area contributed by atoms with Gasteiger partial charge in [-0.2, -0.15) is 0 Å². The zero-order valence-electron chi connectivity index (χ0n) is 11.6. The SMILES string of the molecule is CNc1ccc(C(=O)N2CCOCC2CO)cc1[N+](=O)[O-]. The molecule has 2 N–H and O–H groups in total. The van der Waals surface area contributed by atoms with Gasteiger partial charge >= 0.3 is 0 Å². The second-order valence-electron chi connectivity index (χ2n) is 4.65. The van der Waals surface area contributed by atoms with Crippen molar-refractivity contribution in [2.45, 2.75) is 6.04 Å². The Bertz CT molecular complexity index is 549. The van der Waals surface area contributed by atoms with Crippen molar-refractivity contribution in [3.05, 3.63) is 33.9 Å². The van der Waals surface area contributed by atoms with E-state index < -0.39 is 11.0 Å². The van der Waals surface area contributed by atoms with E-state index in [4.69, 9.17) is 4.74 Å². The van der Waals surface area contributed by atoms with E-state index in [2.05, 4.69) is 5.32 Å². The molecule has 0 bridgehead atoms. The number of anilines is 1. The topological polar surface area (TPSA) is 105 Å². The molecule has 1 heterocycles. The molecule has 8 nitrogen and oxygen atoms in total. The summed E-state index contributed by atoms with van der Waals surface area (Å²) >= 11 is 0. The standard InChI is InChI=1S/C13H17N3O5/c1-14-11-3-2-9(6-12(11)16(19)20)13(18)15-4-5-21-8-10(15)7-17/h2-3,6,10,14,17H,4-5,7-8H2,1H3. The number of amides is 1. The molecular formula is C13H17N3O5.